The van der Waals surface area contributed by atoms with Crippen LogP contribution in [0.25, 0.3) is 0 Å². The lowest BCUT2D eigenvalue weighted by Crippen LogP contribution is -2.53. The smallest absolute Gasteiger partial charge is 0.423 e. The summed E-state index contributed by atoms with van der Waals surface area (Å²) < 4.78 is 125. The van der Waals surface area contributed by atoms with E-state index in [-0.39, 0.29) is 18.8 Å². The van der Waals surface area contributed by atoms with E-state index in [1.54, 1.807) is 13.8 Å². The largest absolute Gasteiger partial charge is 0.743 e. The van der Waals surface area contributed by atoms with Gasteiger partial charge in [-0.05, 0) is 24.2 Å². The highest BCUT2D eigenvalue weighted by atomic mass is 32.2. The SMILES string of the molecule is CC1(C)C2CCC1(CS(=O)(=O)OC(C(F)(F)F)C(F)(F)S(=O)(=O)[O-])C(=O)C2. The van der Waals surface area contributed by atoms with Crippen LogP contribution in [-0.4, -0.2) is 50.5 Å². The maximum Gasteiger partial charge on any atom is 0.423 e. The predicted molar refractivity (Wildman–Crippen MR) is 77.9 cm³/mol. The molecular weight excluding hydrogens is 427 g/mol. The molecule has 7 nitrogen and oxygen atoms in total. The summed E-state index contributed by atoms with van der Waals surface area (Å²) in [5, 5.41) is -6.08. The quantitative estimate of drug-likeness (QED) is 0.349. The highest BCUT2D eigenvalue weighted by molar-refractivity contribution is 7.87. The van der Waals surface area contributed by atoms with Crippen molar-refractivity contribution in [1.29, 1.82) is 0 Å². The van der Waals surface area contributed by atoms with Crippen molar-refractivity contribution in [3.05, 3.63) is 0 Å². The molecule has 0 spiro atoms. The summed E-state index contributed by atoms with van der Waals surface area (Å²) in [7, 11) is -12.4. The van der Waals surface area contributed by atoms with Gasteiger partial charge >= 0.3 is 11.4 Å². The van der Waals surface area contributed by atoms with Crippen molar-refractivity contribution in [1.82, 2.24) is 0 Å². The van der Waals surface area contributed by atoms with Gasteiger partial charge in [-0.25, -0.2) is 12.6 Å². The number of hydrogen-bond acceptors (Lipinski definition) is 7. The lowest BCUT2D eigenvalue weighted by Gasteiger charge is -2.36. The van der Waals surface area contributed by atoms with E-state index in [1.165, 1.54) is 0 Å². The topological polar surface area (TPSA) is 118 Å². The highest BCUT2D eigenvalue weighted by Crippen LogP contribution is 2.64. The van der Waals surface area contributed by atoms with E-state index in [2.05, 4.69) is 4.18 Å². The minimum Gasteiger partial charge on any atom is -0.743 e. The minimum absolute atomic E-state index is 0.00365. The van der Waals surface area contributed by atoms with Gasteiger partial charge in [0.1, 0.15) is 5.78 Å². The summed E-state index contributed by atoms with van der Waals surface area (Å²) >= 11 is 0. The lowest BCUT2D eigenvalue weighted by atomic mass is 9.70. The third kappa shape index (κ3) is 3.49. The summed E-state index contributed by atoms with van der Waals surface area (Å²) in [6.45, 7) is 3.09. The van der Waals surface area contributed by atoms with Crippen LogP contribution in [0.4, 0.5) is 22.0 Å². The Bertz CT molecular complexity index is 847. The van der Waals surface area contributed by atoms with Gasteiger partial charge in [-0.2, -0.15) is 30.4 Å². The van der Waals surface area contributed by atoms with Crippen LogP contribution in [0.2, 0.25) is 0 Å². The molecule has 2 bridgehead atoms. The number of hydrogen-bond donors (Lipinski definition) is 0. The molecule has 0 amide bonds. The molecule has 2 rings (SSSR count). The zero-order valence-corrected chi connectivity index (χ0v) is 15.7. The predicted octanol–water partition coefficient (Wildman–Crippen LogP) is 1.80. The van der Waals surface area contributed by atoms with Crippen molar-refractivity contribution in [2.75, 3.05) is 5.75 Å². The first kappa shape index (κ1) is 22.4. The fourth-order valence-corrected chi connectivity index (χ4v) is 6.40. The molecular formula is C13H16F5O7S2-. The van der Waals surface area contributed by atoms with Gasteiger partial charge in [0.15, 0.2) is 10.1 Å². The Hall–Kier alpha value is -0.860. The van der Waals surface area contributed by atoms with Crippen molar-refractivity contribution in [3.63, 3.8) is 0 Å². The van der Waals surface area contributed by atoms with Gasteiger partial charge < -0.3 is 4.55 Å². The Morgan fingerprint density at radius 3 is 2.04 bits per heavy atom. The molecule has 27 heavy (non-hydrogen) atoms. The number of carbonyl (C=O) groups excluding carboxylic acids is 1. The van der Waals surface area contributed by atoms with Gasteiger partial charge in [0.2, 0.25) is 6.10 Å². The molecule has 0 aromatic heterocycles. The van der Waals surface area contributed by atoms with Gasteiger partial charge in [-0.1, -0.05) is 13.8 Å². The van der Waals surface area contributed by atoms with Crippen molar-refractivity contribution < 1.29 is 52.3 Å². The highest BCUT2D eigenvalue weighted by Gasteiger charge is 2.67. The van der Waals surface area contributed by atoms with E-state index >= 15 is 0 Å². The third-order valence-electron chi connectivity index (χ3n) is 5.74. The van der Waals surface area contributed by atoms with Crippen molar-refractivity contribution in [2.45, 2.75) is 50.6 Å². The van der Waals surface area contributed by atoms with Crippen LogP contribution in [0.3, 0.4) is 0 Å². The van der Waals surface area contributed by atoms with Gasteiger partial charge in [0, 0.05) is 6.42 Å². The van der Waals surface area contributed by atoms with Crippen molar-refractivity contribution in [2.24, 2.45) is 16.7 Å². The summed E-state index contributed by atoms with van der Waals surface area (Å²) in [6, 6.07) is 0. The van der Waals surface area contributed by atoms with Crippen LogP contribution >= 0.6 is 0 Å². The summed E-state index contributed by atoms with van der Waals surface area (Å²) in [5.74, 6) is -2.08. The molecule has 0 saturated heterocycles. The Morgan fingerprint density at radius 1 is 1.19 bits per heavy atom. The zero-order valence-electron chi connectivity index (χ0n) is 14.0. The molecule has 0 heterocycles. The average Bonchev–Trinajstić information content (AvgIpc) is 2.76. The Kier molecular flexibility index (Phi) is 5.04. The van der Waals surface area contributed by atoms with Crippen molar-refractivity contribution in [3.8, 4) is 0 Å². The maximum atomic E-state index is 13.5. The molecule has 0 aromatic rings. The number of Topliss-reactive ketones (excluding diaryl/α,β-unsaturated/α-hetero) is 1. The van der Waals surface area contributed by atoms with E-state index in [1.807, 2.05) is 0 Å². The number of ketones is 1. The minimum atomic E-state index is -6.89. The Morgan fingerprint density at radius 2 is 1.70 bits per heavy atom. The number of carbonyl (C=O) groups is 1. The first-order valence-corrected chi connectivity index (χ1v) is 10.6. The molecule has 2 fully saturated rings. The van der Waals surface area contributed by atoms with Crippen LogP contribution in [-0.2, 0) is 29.2 Å². The molecule has 2 saturated carbocycles. The van der Waals surface area contributed by atoms with Crippen LogP contribution in [0.5, 0.6) is 0 Å². The fourth-order valence-electron chi connectivity index (χ4n) is 4.02. The summed E-state index contributed by atoms with van der Waals surface area (Å²) in [6.07, 6.45) is -10.5. The molecule has 0 aromatic carbocycles. The Labute approximate surface area is 152 Å². The van der Waals surface area contributed by atoms with Crippen LogP contribution in [0.1, 0.15) is 33.1 Å². The van der Waals surface area contributed by atoms with Gasteiger partial charge in [0.25, 0.3) is 10.1 Å². The fraction of sp³-hybridized carbons (Fsp3) is 0.923. The second-order valence-corrected chi connectivity index (χ2v) is 10.5. The molecule has 2 aliphatic rings. The summed E-state index contributed by atoms with van der Waals surface area (Å²) in [5.41, 5.74) is -2.56. The molecule has 0 radical (unpaired) electrons. The average molecular weight is 443 g/mol. The molecule has 2 aliphatic carbocycles. The number of fused-ring (bicyclic) bond motifs is 2. The summed E-state index contributed by atoms with van der Waals surface area (Å²) in [4.78, 5) is 12.3. The standard InChI is InChI=1S/C13H17F5O7S2/c1-10(2)7-3-4-11(10,8(19)5-7)6-26(20,21)25-9(12(14,15)16)13(17,18)27(22,23)24/h7,9H,3-6H2,1-2H3,(H,22,23,24)/p-1. The normalized spacial score (nSPS) is 29.9. The molecule has 0 N–H and O–H groups in total. The molecule has 14 heteroatoms. The van der Waals surface area contributed by atoms with Gasteiger partial charge in [0.05, 0.1) is 11.2 Å². The first-order valence-electron chi connectivity index (χ1n) is 7.62. The van der Waals surface area contributed by atoms with Crippen LogP contribution in [0.15, 0.2) is 0 Å². The maximum absolute atomic E-state index is 13.5. The number of alkyl halides is 5. The third-order valence-corrected chi connectivity index (χ3v) is 7.95. The van der Waals surface area contributed by atoms with E-state index in [9.17, 15) is 48.1 Å². The van der Waals surface area contributed by atoms with Crippen molar-refractivity contribution >= 4 is 26.0 Å². The molecule has 3 atom stereocenters. The number of halogens is 5. The zero-order chi connectivity index (χ0) is 21.3. The lowest BCUT2D eigenvalue weighted by molar-refractivity contribution is -0.238. The second kappa shape index (κ2) is 6.07. The van der Waals surface area contributed by atoms with E-state index in [4.69, 9.17) is 0 Å². The van der Waals surface area contributed by atoms with E-state index in [0.29, 0.717) is 6.42 Å². The Balaban J connectivity index is 2.40. The van der Waals surface area contributed by atoms with Gasteiger partial charge in [-0.15, -0.1) is 0 Å². The molecule has 3 unspecified atom stereocenters. The first-order chi connectivity index (χ1) is 11.8. The number of rotatable bonds is 6. The second-order valence-electron chi connectivity index (χ2n) is 7.40. The van der Waals surface area contributed by atoms with Gasteiger partial charge in [-0.3, -0.25) is 4.79 Å². The monoisotopic (exact) mass is 443 g/mol. The van der Waals surface area contributed by atoms with Crippen LogP contribution in [0, 0.1) is 16.7 Å². The van der Waals surface area contributed by atoms with E-state index in [0.717, 1.165) is 0 Å². The molecule has 158 valence electrons. The van der Waals surface area contributed by atoms with Crippen LogP contribution < -0.4 is 0 Å². The molecule has 0 aliphatic heterocycles. The van der Waals surface area contributed by atoms with E-state index < -0.39 is 60.1 Å².